The molecule has 0 spiro atoms. The second kappa shape index (κ2) is 5.95. The molecule has 7 heteroatoms. The molecule has 1 atom stereocenters. The standard InChI is InChI=1S/C13H18N2O2S3/c1-8-4-13(10(3)19-8)9(2)15-20(16,17)12-5-11(6-14)18-7-12/h4-5,7,9,15H,6,14H2,1-3H3. The van der Waals surface area contributed by atoms with E-state index in [0.29, 0.717) is 11.4 Å². The third kappa shape index (κ3) is 3.29. The second-order valence-electron chi connectivity index (χ2n) is 4.66. The van der Waals surface area contributed by atoms with Crippen molar-refractivity contribution >= 4 is 32.7 Å². The van der Waals surface area contributed by atoms with Gasteiger partial charge in [0.15, 0.2) is 0 Å². The zero-order valence-electron chi connectivity index (χ0n) is 11.6. The fourth-order valence-corrected chi connectivity index (χ4v) is 5.45. The van der Waals surface area contributed by atoms with Crippen molar-refractivity contribution in [3.8, 4) is 0 Å². The monoisotopic (exact) mass is 330 g/mol. The van der Waals surface area contributed by atoms with E-state index in [2.05, 4.69) is 4.72 Å². The lowest BCUT2D eigenvalue weighted by Crippen LogP contribution is -2.26. The van der Waals surface area contributed by atoms with Crippen LogP contribution in [0.15, 0.2) is 22.4 Å². The van der Waals surface area contributed by atoms with E-state index in [1.807, 2.05) is 26.8 Å². The van der Waals surface area contributed by atoms with E-state index in [1.54, 1.807) is 22.8 Å². The van der Waals surface area contributed by atoms with E-state index in [1.165, 1.54) is 16.2 Å². The molecular weight excluding hydrogens is 312 g/mol. The number of nitrogens with two attached hydrogens (primary N) is 1. The second-order valence-corrected chi connectivity index (χ2v) is 8.83. The topological polar surface area (TPSA) is 72.2 Å². The first-order valence-electron chi connectivity index (χ1n) is 6.20. The average Bonchev–Trinajstić information content (AvgIpc) is 2.95. The van der Waals surface area contributed by atoms with Crippen molar-refractivity contribution < 1.29 is 8.42 Å². The van der Waals surface area contributed by atoms with E-state index in [4.69, 9.17) is 5.73 Å². The summed E-state index contributed by atoms with van der Waals surface area (Å²) in [4.78, 5) is 3.48. The molecule has 2 rings (SSSR count). The minimum absolute atomic E-state index is 0.244. The van der Waals surface area contributed by atoms with Crippen molar-refractivity contribution in [2.24, 2.45) is 5.73 Å². The van der Waals surface area contributed by atoms with E-state index in [-0.39, 0.29) is 6.04 Å². The molecule has 0 saturated carbocycles. The van der Waals surface area contributed by atoms with Crippen molar-refractivity contribution in [3.05, 3.63) is 37.7 Å². The maximum absolute atomic E-state index is 12.3. The Bertz CT molecular complexity index is 701. The van der Waals surface area contributed by atoms with Crippen molar-refractivity contribution in [2.75, 3.05) is 0 Å². The van der Waals surface area contributed by atoms with Crippen LogP contribution < -0.4 is 10.5 Å². The number of rotatable bonds is 5. The van der Waals surface area contributed by atoms with Gasteiger partial charge in [0.05, 0.1) is 4.90 Å². The predicted molar refractivity (Wildman–Crippen MR) is 84.7 cm³/mol. The Morgan fingerprint density at radius 1 is 1.35 bits per heavy atom. The Balaban J connectivity index is 2.21. The van der Waals surface area contributed by atoms with Crippen molar-refractivity contribution in [1.82, 2.24) is 4.72 Å². The highest BCUT2D eigenvalue weighted by atomic mass is 32.2. The van der Waals surface area contributed by atoms with Crippen LogP contribution in [0.4, 0.5) is 0 Å². The van der Waals surface area contributed by atoms with E-state index >= 15 is 0 Å². The molecule has 0 aromatic carbocycles. The highest BCUT2D eigenvalue weighted by Gasteiger charge is 2.21. The molecule has 0 fully saturated rings. The van der Waals surface area contributed by atoms with Gasteiger partial charge >= 0.3 is 0 Å². The number of sulfonamides is 1. The van der Waals surface area contributed by atoms with Crippen LogP contribution in [-0.2, 0) is 16.6 Å². The number of aryl methyl sites for hydroxylation is 2. The van der Waals surface area contributed by atoms with Crippen molar-refractivity contribution in [3.63, 3.8) is 0 Å². The van der Waals surface area contributed by atoms with E-state index in [0.717, 1.165) is 15.3 Å². The smallest absolute Gasteiger partial charge is 0.241 e. The first-order valence-corrected chi connectivity index (χ1v) is 9.38. The molecular formula is C13H18N2O2S3. The van der Waals surface area contributed by atoms with Gasteiger partial charge in [-0.15, -0.1) is 22.7 Å². The van der Waals surface area contributed by atoms with Crippen molar-refractivity contribution in [1.29, 1.82) is 0 Å². The molecule has 2 aromatic rings. The molecule has 110 valence electrons. The molecule has 0 bridgehead atoms. The number of thiophene rings is 2. The third-order valence-corrected chi connectivity index (χ3v) is 6.63. The van der Waals surface area contributed by atoms with Gasteiger partial charge in [-0.1, -0.05) is 0 Å². The quantitative estimate of drug-likeness (QED) is 0.885. The lowest BCUT2D eigenvalue weighted by Gasteiger charge is -2.13. The molecule has 0 aliphatic heterocycles. The highest BCUT2D eigenvalue weighted by molar-refractivity contribution is 7.89. The summed E-state index contributed by atoms with van der Waals surface area (Å²) in [5.74, 6) is 0. The normalized spacial score (nSPS) is 13.6. The maximum Gasteiger partial charge on any atom is 0.241 e. The largest absolute Gasteiger partial charge is 0.326 e. The first kappa shape index (κ1) is 15.7. The zero-order valence-corrected chi connectivity index (χ0v) is 14.1. The van der Waals surface area contributed by atoms with Gasteiger partial charge in [0.25, 0.3) is 0 Å². The fourth-order valence-electron chi connectivity index (χ4n) is 2.05. The molecule has 2 heterocycles. The van der Waals surface area contributed by atoms with Crippen LogP contribution in [0.25, 0.3) is 0 Å². The molecule has 1 unspecified atom stereocenters. The highest BCUT2D eigenvalue weighted by Crippen LogP contribution is 2.28. The summed E-state index contributed by atoms with van der Waals surface area (Å²) in [6.07, 6.45) is 0. The molecule has 4 nitrogen and oxygen atoms in total. The van der Waals surface area contributed by atoms with Crippen LogP contribution in [0.1, 0.15) is 33.2 Å². The van der Waals surface area contributed by atoms with Gasteiger partial charge in [-0.25, -0.2) is 13.1 Å². The number of nitrogens with one attached hydrogen (secondary N) is 1. The zero-order chi connectivity index (χ0) is 14.9. The number of hydrogen-bond donors (Lipinski definition) is 2. The Kier molecular flexibility index (Phi) is 4.66. The molecule has 0 aliphatic carbocycles. The van der Waals surface area contributed by atoms with Crippen LogP contribution in [0.2, 0.25) is 0 Å². The van der Waals surface area contributed by atoms with Crippen LogP contribution in [0.3, 0.4) is 0 Å². The van der Waals surface area contributed by atoms with Gasteiger partial charge in [0.2, 0.25) is 10.0 Å². The lowest BCUT2D eigenvalue weighted by atomic mass is 10.1. The van der Waals surface area contributed by atoms with Gasteiger partial charge in [-0.2, -0.15) is 0 Å². The molecule has 20 heavy (non-hydrogen) atoms. The third-order valence-electron chi connectivity index (χ3n) is 3.02. The van der Waals surface area contributed by atoms with Gasteiger partial charge < -0.3 is 5.73 Å². The Morgan fingerprint density at radius 3 is 2.55 bits per heavy atom. The average molecular weight is 331 g/mol. The molecule has 0 radical (unpaired) electrons. The molecule has 3 N–H and O–H groups in total. The molecule has 2 aromatic heterocycles. The summed E-state index contributed by atoms with van der Waals surface area (Å²) in [6.45, 7) is 6.25. The summed E-state index contributed by atoms with van der Waals surface area (Å²) in [7, 11) is -3.49. The van der Waals surface area contributed by atoms with E-state index in [9.17, 15) is 8.42 Å². The summed E-state index contributed by atoms with van der Waals surface area (Å²) in [5, 5.41) is 1.63. The number of hydrogen-bond acceptors (Lipinski definition) is 5. The predicted octanol–water partition coefficient (Wildman–Crippen LogP) is 2.92. The minimum Gasteiger partial charge on any atom is -0.326 e. The van der Waals surface area contributed by atoms with Gasteiger partial charge in [-0.3, -0.25) is 0 Å². The molecule has 0 amide bonds. The van der Waals surface area contributed by atoms with E-state index < -0.39 is 10.0 Å². The SMILES string of the molecule is Cc1cc(C(C)NS(=O)(=O)c2csc(CN)c2)c(C)s1. The lowest BCUT2D eigenvalue weighted by molar-refractivity contribution is 0.567. The Morgan fingerprint density at radius 2 is 2.05 bits per heavy atom. The van der Waals surface area contributed by atoms with Gasteiger partial charge in [0.1, 0.15) is 0 Å². The maximum atomic E-state index is 12.3. The summed E-state index contributed by atoms with van der Waals surface area (Å²) in [6, 6.07) is 3.42. The van der Waals surface area contributed by atoms with Crippen LogP contribution in [0, 0.1) is 13.8 Å². The Hall–Kier alpha value is -0.730. The molecule has 0 saturated heterocycles. The summed E-state index contributed by atoms with van der Waals surface area (Å²) in [5.41, 5.74) is 6.55. The van der Waals surface area contributed by atoms with Gasteiger partial charge in [-0.05, 0) is 38.5 Å². The van der Waals surface area contributed by atoms with Crippen LogP contribution in [0.5, 0.6) is 0 Å². The van der Waals surface area contributed by atoms with Crippen LogP contribution in [-0.4, -0.2) is 8.42 Å². The first-order chi connectivity index (χ1) is 9.33. The Labute approximate surface area is 127 Å². The molecule has 0 aliphatic rings. The summed E-state index contributed by atoms with van der Waals surface area (Å²) < 4.78 is 27.4. The van der Waals surface area contributed by atoms with Crippen molar-refractivity contribution in [2.45, 2.75) is 38.3 Å². The van der Waals surface area contributed by atoms with Gasteiger partial charge in [0, 0.05) is 32.6 Å². The summed E-state index contributed by atoms with van der Waals surface area (Å²) >= 11 is 3.04. The minimum atomic E-state index is -3.49. The fraction of sp³-hybridized carbons (Fsp3) is 0.385. The van der Waals surface area contributed by atoms with Crippen LogP contribution >= 0.6 is 22.7 Å².